The lowest BCUT2D eigenvalue weighted by Crippen LogP contribution is -3.10. The first-order chi connectivity index (χ1) is 12.6. The van der Waals surface area contributed by atoms with Crippen LogP contribution >= 0.6 is 12.2 Å². The molecule has 0 unspecified atom stereocenters. The second-order valence-corrected chi connectivity index (χ2v) is 7.04. The van der Waals surface area contributed by atoms with Crippen LogP contribution in [0.1, 0.15) is 33.1 Å². The molecule has 1 aliphatic heterocycles. The molecule has 0 amide bonds. The minimum Gasteiger partial charge on any atom is -0.490 e. The Labute approximate surface area is 158 Å². The number of benzene rings is 1. The molecule has 7 heteroatoms. The molecule has 1 aliphatic rings. The standard InChI is InChI=1S/C19H27N3O3S/c1-3-24-16-12-14-15(13-17(16)25-4-2)20-19(26)22(18(14)23)11-7-10-21-8-5-6-9-21/h12-13H,3-11H2,1-2H3,(H,20,26)/p+1. The summed E-state index contributed by atoms with van der Waals surface area (Å²) < 4.78 is 13.4. The third kappa shape index (κ3) is 4.10. The topological polar surface area (TPSA) is 60.7 Å². The van der Waals surface area contributed by atoms with Gasteiger partial charge in [0.2, 0.25) is 0 Å². The lowest BCUT2D eigenvalue weighted by atomic mass is 10.2. The Morgan fingerprint density at radius 1 is 1.15 bits per heavy atom. The lowest BCUT2D eigenvalue weighted by molar-refractivity contribution is -0.887. The van der Waals surface area contributed by atoms with Crippen molar-refractivity contribution < 1.29 is 14.4 Å². The van der Waals surface area contributed by atoms with E-state index in [0.29, 0.717) is 46.9 Å². The van der Waals surface area contributed by atoms with E-state index in [2.05, 4.69) is 4.98 Å². The highest BCUT2D eigenvalue weighted by Crippen LogP contribution is 2.30. The minimum atomic E-state index is -0.0656. The van der Waals surface area contributed by atoms with Gasteiger partial charge in [0.25, 0.3) is 5.56 Å². The van der Waals surface area contributed by atoms with Crippen LogP contribution in [0, 0.1) is 4.77 Å². The third-order valence-corrected chi connectivity index (χ3v) is 5.19. The van der Waals surface area contributed by atoms with Gasteiger partial charge in [-0.05, 0) is 32.1 Å². The maximum Gasteiger partial charge on any atom is 0.262 e. The van der Waals surface area contributed by atoms with Crippen LogP contribution in [0.2, 0.25) is 0 Å². The summed E-state index contributed by atoms with van der Waals surface area (Å²) in [5.74, 6) is 1.22. The van der Waals surface area contributed by atoms with Crippen molar-refractivity contribution in [1.29, 1.82) is 0 Å². The van der Waals surface area contributed by atoms with Crippen molar-refractivity contribution in [1.82, 2.24) is 9.55 Å². The molecule has 2 aromatic rings. The molecule has 1 aromatic heterocycles. The molecule has 1 aromatic carbocycles. The summed E-state index contributed by atoms with van der Waals surface area (Å²) in [6.07, 6.45) is 3.58. The van der Waals surface area contributed by atoms with E-state index in [0.717, 1.165) is 13.0 Å². The van der Waals surface area contributed by atoms with Crippen molar-refractivity contribution in [3.63, 3.8) is 0 Å². The Balaban J connectivity index is 1.90. The molecule has 6 nitrogen and oxygen atoms in total. The first-order valence-corrected chi connectivity index (χ1v) is 9.95. The van der Waals surface area contributed by atoms with Crippen molar-refractivity contribution >= 4 is 23.1 Å². The fourth-order valence-corrected chi connectivity index (χ4v) is 3.90. The minimum absolute atomic E-state index is 0.0656. The molecule has 0 bridgehead atoms. The van der Waals surface area contributed by atoms with Gasteiger partial charge in [-0.3, -0.25) is 9.36 Å². The predicted octanol–water partition coefficient (Wildman–Crippen LogP) is 1.93. The Morgan fingerprint density at radius 3 is 2.46 bits per heavy atom. The summed E-state index contributed by atoms with van der Waals surface area (Å²) >= 11 is 5.44. The Bertz CT molecular complexity index is 869. The number of aromatic amines is 1. The van der Waals surface area contributed by atoms with Crippen LogP contribution in [0.4, 0.5) is 0 Å². The number of rotatable bonds is 8. The number of aromatic nitrogens is 2. The van der Waals surface area contributed by atoms with Gasteiger partial charge in [-0.2, -0.15) is 0 Å². The molecule has 0 spiro atoms. The van der Waals surface area contributed by atoms with E-state index in [9.17, 15) is 4.79 Å². The third-order valence-electron chi connectivity index (χ3n) is 4.87. The molecule has 1 fully saturated rings. The van der Waals surface area contributed by atoms with Crippen molar-refractivity contribution in [2.75, 3.05) is 32.8 Å². The number of H-pyrrole nitrogens is 1. The number of quaternary nitrogens is 1. The smallest absolute Gasteiger partial charge is 0.262 e. The maximum atomic E-state index is 13.0. The van der Waals surface area contributed by atoms with E-state index in [-0.39, 0.29) is 5.56 Å². The molecule has 0 atom stereocenters. The maximum absolute atomic E-state index is 13.0. The Morgan fingerprint density at radius 2 is 1.81 bits per heavy atom. The summed E-state index contributed by atoms with van der Waals surface area (Å²) in [6, 6.07) is 3.57. The van der Waals surface area contributed by atoms with Gasteiger partial charge >= 0.3 is 0 Å². The highest BCUT2D eigenvalue weighted by Gasteiger charge is 2.16. The Hall–Kier alpha value is -1.86. The molecule has 2 heterocycles. The van der Waals surface area contributed by atoms with E-state index >= 15 is 0 Å². The first-order valence-electron chi connectivity index (χ1n) is 9.54. The monoisotopic (exact) mass is 378 g/mol. The van der Waals surface area contributed by atoms with E-state index in [1.807, 2.05) is 13.8 Å². The zero-order valence-corrected chi connectivity index (χ0v) is 16.4. The first kappa shape index (κ1) is 18.9. The van der Waals surface area contributed by atoms with Gasteiger partial charge in [-0.15, -0.1) is 0 Å². The van der Waals surface area contributed by atoms with Gasteiger partial charge in [0.1, 0.15) is 0 Å². The summed E-state index contributed by atoms with van der Waals surface area (Å²) in [4.78, 5) is 17.8. The second-order valence-electron chi connectivity index (χ2n) is 6.66. The average Bonchev–Trinajstić information content (AvgIpc) is 3.13. The van der Waals surface area contributed by atoms with Crippen LogP contribution in [-0.4, -0.2) is 42.4 Å². The van der Waals surface area contributed by atoms with Gasteiger partial charge in [0, 0.05) is 31.9 Å². The summed E-state index contributed by atoms with van der Waals surface area (Å²) in [7, 11) is 0. The fourth-order valence-electron chi connectivity index (χ4n) is 3.61. The molecule has 142 valence electrons. The molecule has 0 aliphatic carbocycles. The SMILES string of the molecule is CCOc1cc2[nH]c(=S)n(CCC[NH+]3CCCC3)c(=O)c2cc1OCC. The molecule has 26 heavy (non-hydrogen) atoms. The van der Waals surface area contributed by atoms with Gasteiger partial charge in [-0.1, -0.05) is 0 Å². The van der Waals surface area contributed by atoms with Crippen molar-refractivity contribution in [3.05, 3.63) is 27.3 Å². The summed E-state index contributed by atoms with van der Waals surface area (Å²) in [5, 5.41) is 0.582. The van der Waals surface area contributed by atoms with Crippen molar-refractivity contribution in [3.8, 4) is 11.5 Å². The van der Waals surface area contributed by atoms with Crippen molar-refractivity contribution in [2.24, 2.45) is 0 Å². The highest BCUT2D eigenvalue weighted by atomic mass is 32.1. The second kappa shape index (κ2) is 8.68. The van der Waals surface area contributed by atoms with Gasteiger partial charge in [-0.25, -0.2) is 0 Å². The summed E-state index contributed by atoms with van der Waals surface area (Å²) in [6.45, 7) is 9.11. The highest BCUT2D eigenvalue weighted by molar-refractivity contribution is 7.71. The number of nitrogens with zero attached hydrogens (tertiary/aromatic N) is 1. The van der Waals surface area contributed by atoms with E-state index < -0.39 is 0 Å². The number of nitrogens with one attached hydrogen (secondary N) is 2. The number of ether oxygens (including phenoxy) is 2. The van der Waals surface area contributed by atoms with Crippen LogP contribution in [0.3, 0.4) is 0 Å². The number of hydrogen-bond acceptors (Lipinski definition) is 4. The van der Waals surface area contributed by atoms with Crippen LogP contribution < -0.4 is 19.9 Å². The van der Waals surface area contributed by atoms with Gasteiger partial charge in [0.15, 0.2) is 16.3 Å². The van der Waals surface area contributed by atoms with Gasteiger partial charge < -0.3 is 19.4 Å². The van der Waals surface area contributed by atoms with E-state index in [1.54, 1.807) is 21.6 Å². The Kier molecular flexibility index (Phi) is 6.32. The molecule has 0 saturated carbocycles. The van der Waals surface area contributed by atoms with Crippen molar-refractivity contribution in [2.45, 2.75) is 39.7 Å². The molecule has 3 rings (SSSR count). The largest absolute Gasteiger partial charge is 0.490 e. The van der Waals surface area contributed by atoms with Crippen LogP contribution in [0.5, 0.6) is 11.5 Å². The van der Waals surface area contributed by atoms with Crippen LogP contribution in [-0.2, 0) is 6.54 Å². The quantitative estimate of drug-likeness (QED) is 0.689. The molecule has 2 N–H and O–H groups in total. The van der Waals surface area contributed by atoms with Crippen LogP contribution in [0.15, 0.2) is 16.9 Å². The van der Waals surface area contributed by atoms with Crippen LogP contribution in [0.25, 0.3) is 10.9 Å². The zero-order valence-electron chi connectivity index (χ0n) is 15.6. The molecule has 0 radical (unpaired) electrons. The van der Waals surface area contributed by atoms with E-state index in [4.69, 9.17) is 21.7 Å². The number of likely N-dealkylation sites (tertiary alicyclic amines) is 1. The van der Waals surface area contributed by atoms with Gasteiger partial charge in [0.05, 0.1) is 43.8 Å². The average molecular weight is 379 g/mol. The predicted molar refractivity (Wildman–Crippen MR) is 105 cm³/mol. The molecular weight excluding hydrogens is 350 g/mol. The normalized spacial score (nSPS) is 14.8. The lowest BCUT2D eigenvalue weighted by Gasteiger charge is -2.14. The molecular formula is C19H28N3O3S+. The molecule has 1 saturated heterocycles. The summed E-state index contributed by atoms with van der Waals surface area (Å²) in [5.41, 5.74) is 0.623. The fraction of sp³-hybridized carbons (Fsp3) is 0.579. The number of fused-ring (bicyclic) bond motifs is 1. The number of hydrogen-bond donors (Lipinski definition) is 2. The van der Waals surface area contributed by atoms with E-state index in [1.165, 1.54) is 25.9 Å². The zero-order chi connectivity index (χ0) is 18.5.